The Kier molecular flexibility index (Phi) is 11.4. The van der Waals surface area contributed by atoms with E-state index in [-0.39, 0.29) is 5.41 Å². The molecule has 0 heterocycles. The Hall–Kier alpha value is -2.07. The van der Waals surface area contributed by atoms with Crippen molar-refractivity contribution < 1.29 is 0 Å². The van der Waals surface area contributed by atoms with Crippen LogP contribution in [0.2, 0.25) is 0 Å². The summed E-state index contributed by atoms with van der Waals surface area (Å²) >= 11 is 0. The summed E-state index contributed by atoms with van der Waals surface area (Å²) < 4.78 is 0. The lowest BCUT2D eigenvalue weighted by Gasteiger charge is -2.35. The summed E-state index contributed by atoms with van der Waals surface area (Å²) in [6, 6.07) is 21.6. The van der Waals surface area contributed by atoms with Crippen LogP contribution in [0.1, 0.15) is 152 Å². The first-order chi connectivity index (χ1) is 18.7. The molecular formula is C37H53N. The van der Waals surface area contributed by atoms with Crippen molar-refractivity contribution in [1.82, 2.24) is 0 Å². The zero-order valence-electron chi connectivity index (χ0n) is 24.5. The summed E-state index contributed by atoms with van der Waals surface area (Å²) in [5, 5.41) is 9.88. The van der Waals surface area contributed by atoms with E-state index in [9.17, 15) is 5.26 Å². The van der Waals surface area contributed by atoms with E-state index >= 15 is 0 Å². The van der Waals surface area contributed by atoms with Crippen LogP contribution in [-0.4, -0.2) is 0 Å². The summed E-state index contributed by atoms with van der Waals surface area (Å²) in [4.78, 5) is 0. The van der Waals surface area contributed by atoms with Gasteiger partial charge in [0.1, 0.15) is 0 Å². The Morgan fingerprint density at radius 3 is 1.66 bits per heavy atom. The van der Waals surface area contributed by atoms with Crippen LogP contribution in [0.4, 0.5) is 0 Å². The van der Waals surface area contributed by atoms with Gasteiger partial charge in [-0.25, -0.2) is 0 Å². The van der Waals surface area contributed by atoms with Gasteiger partial charge in [0.15, 0.2) is 0 Å². The summed E-state index contributed by atoms with van der Waals surface area (Å²) in [6.07, 6.45) is 23.4. The van der Waals surface area contributed by atoms with Crippen molar-refractivity contribution in [2.24, 2.45) is 11.3 Å². The van der Waals surface area contributed by atoms with Gasteiger partial charge >= 0.3 is 0 Å². The molecular weight excluding hydrogens is 458 g/mol. The fourth-order valence-corrected chi connectivity index (χ4v) is 7.35. The fraction of sp³-hybridized carbons (Fsp3) is 0.649. The lowest BCUT2D eigenvalue weighted by molar-refractivity contribution is 0.223. The van der Waals surface area contributed by atoms with E-state index in [0.717, 1.165) is 43.9 Å². The van der Waals surface area contributed by atoms with Gasteiger partial charge in [-0.05, 0) is 97.8 Å². The second kappa shape index (κ2) is 14.9. The van der Waals surface area contributed by atoms with E-state index in [1.54, 1.807) is 5.56 Å². The number of hydrogen-bond donors (Lipinski definition) is 0. The van der Waals surface area contributed by atoms with Crippen LogP contribution in [0, 0.1) is 22.7 Å². The van der Waals surface area contributed by atoms with Crippen molar-refractivity contribution in [3.63, 3.8) is 0 Å². The van der Waals surface area contributed by atoms with Crippen molar-refractivity contribution in [3.8, 4) is 17.2 Å². The highest BCUT2D eigenvalue weighted by atomic mass is 14.4. The molecule has 0 saturated heterocycles. The predicted molar refractivity (Wildman–Crippen MR) is 163 cm³/mol. The molecule has 2 aliphatic carbocycles. The van der Waals surface area contributed by atoms with Crippen molar-refractivity contribution in [2.75, 3.05) is 0 Å². The van der Waals surface area contributed by atoms with E-state index < -0.39 is 0 Å². The number of rotatable bonds is 13. The highest BCUT2D eigenvalue weighted by Gasteiger charge is 2.35. The first-order valence-corrected chi connectivity index (χ1v) is 16.3. The second-order valence-corrected chi connectivity index (χ2v) is 12.8. The van der Waals surface area contributed by atoms with Crippen LogP contribution in [0.5, 0.6) is 0 Å². The molecule has 2 fully saturated rings. The fourth-order valence-electron chi connectivity index (χ4n) is 7.35. The van der Waals surface area contributed by atoms with Gasteiger partial charge in [-0.1, -0.05) is 120 Å². The number of nitrogens with zero attached hydrogens (tertiary/aromatic N) is 1. The topological polar surface area (TPSA) is 23.8 Å². The first-order valence-electron chi connectivity index (χ1n) is 16.3. The summed E-state index contributed by atoms with van der Waals surface area (Å²) in [7, 11) is 0. The number of hydrogen-bond acceptors (Lipinski definition) is 1. The summed E-state index contributed by atoms with van der Waals surface area (Å²) in [6.45, 7) is 4.55. The maximum Gasteiger partial charge on any atom is 0.0689 e. The summed E-state index contributed by atoms with van der Waals surface area (Å²) in [5.41, 5.74) is 5.63. The van der Waals surface area contributed by atoms with Gasteiger partial charge in [-0.3, -0.25) is 0 Å². The zero-order valence-corrected chi connectivity index (χ0v) is 24.5. The van der Waals surface area contributed by atoms with Gasteiger partial charge in [-0.2, -0.15) is 5.26 Å². The van der Waals surface area contributed by atoms with Crippen LogP contribution in [0.3, 0.4) is 0 Å². The zero-order chi connectivity index (χ0) is 26.6. The molecule has 0 spiro atoms. The smallest absolute Gasteiger partial charge is 0.0689 e. The molecule has 2 aliphatic rings. The van der Waals surface area contributed by atoms with Crippen LogP contribution in [0.25, 0.3) is 11.1 Å². The van der Waals surface area contributed by atoms with E-state index in [4.69, 9.17) is 0 Å². The predicted octanol–water partition coefficient (Wildman–Crippen LogP) is 11.7. The van der Waals surface area contributed by atoms with E-state index in [1.165, 1.54) is 100 Å². The van der Waals surface area contributed by atoms with Crippen molar-refractivity contribution in [2.45, 2.75) is 141 Å². The minimum Gasteiger partial charge on any atom is -0.198 e. The largest absolute Gasteiger partial charge is 0.198 e. The van der Waals surface area contributed by atoms with Crippen molar-refractivity contribution in [3.05, 3.63) is 59.7 Å². The van der Waals surface area contributed by atoms with E-state index in [2.05, 4.69) is 68.4 Å². The molecule has 0 amide bonds. The second-order valence-electron chi connectivity index (χ2n) is 12.8. The summed E-state index contributed by atoms with van der Waals surface area (Å²) in [5.74, 6) is 2.36. The van der Waals surface area contributed by atoms with Crippen molar-refractivity contribution in [1.29, 1.82) is 5.26 Å². The van der Waals surface area contributed by atoms with Gasteiger partial charge in [-0.15, -0.1) is 0 Å². The van der Waals surface area contributed by atoms with Gasteiger partial charge < -0.3 is 0 Å². The Balaban J connectivity index is 1.24. The molecule has 2 aromatic carbocycles. The Morgan fingerprint density at radius 2 is 1.13 bits per heavy atom. The molecule has 0 aliphatic heterocycles. The average Bonchev–Trinajstić information content (AvgIpc) is 2.98. The minimum absolute atomic E-state index is 0.0547. The Bertz CT molecular complexity index is 963. The molecule has 0 aromatic heterocycles. The number of benzene rings is 2. The van der Waals surface area contributed by atoms with Crippen LogP contribution < -0.4 is 0 Å². The minimum atomic E-state index is -0.0547. The maximum absolute atomic E-state index is 9.88. The average molecular weight is 512 g/mol. The molecule has 0 radical (unpaired) electrons. The number of nitriles is 1. The molecule has 4 rings (SSSR count). The molecule has 206 valence electrons. The quantitative estimate of drug-likeness (QED) is 0.245. The van der Waals surface area contributed by atoms with Crippen molar-refractivity contribution >= 4 is 0 Å². The number of unbranched alkanes of at least 4 members (excludes halogenated alkanes) is 6. The van der Waals surface area contributed by atoms with Crippen LogP contribution in [-0.2, 0) is 0 Å². The standard InChI is InChI=1S/C37H53N/c1-3-5-7-8-9-11-30-12-14-31(15-13-30)32-16-18-33(19-17-32)34-20-22-35(23-21-34)36-24-27-37(29-38,28-25-36)26-10-6-4-2/h16-23,30-31,36H,3-15,24-28H2,1-2H3. The molecule has 0 atom stereocenters. The molecule has 2 aromatic rings. The van der Waals surface area contributed by atoms with E-state index in [1.807, 2.05) is 0 Å². The lowest BCUT2D eigenvalue weighted by atomic mass is 9.67. The molecule has 38 heavy (non-hydrogen) atoms. The van der Waals surface area contributed by atoms with Gasteiger partial charge in [0.2, 0.25) is 0 Å². The van der Waals surface area contributed by atoms with Crippen LogP contribution in [0.15, 0.2) is 48.5 Å². The third kappa shape index (κ3) is 7.97. The third-order valence-corrected chi connectivity index (χ3v) is 10.1. The lowest BCUT2D eigenvalue weighted by Crippen LogP contribution is -2.25. The van der Waals surface area contributed by atoms with E-state index in [0.29, 0.717) is 5.92 Å². The molecule has 0 bridgehead atoms. The maximum atomic E-state index is 9.88. The highest BCUT2D eigenvalue weighted by Crippen LogP contribution is 2.46. The van der Waals surface area contributed by atoms with Crippen LogP contribution >= 0.6 is 0 Å². The Labute approximate surface area is 234 Å². The normalized spacial score (nSPS) is 25.7. The monoisotopic (exact) mass is 511 g/mol. The van der Waals surface area contributed by atoms with Gasteiger partial charge in [0.05, 0.1) is 11.5 Å². The molecule has 2 saturated carbocycles. The molecule has 1 nitrogen and oxygen atoms in total. The molecule has 0 N–H and O–H groups in total. The SMILES string of the molecule is CCCCCCCC1CCC(c2ccc(-c3ccc(C4CCC(C#N)(CCCCC)CC4)cc3)cc2)CC1. The highest BCUT2D eigenvalue weighted by molar-refractivity contribution is 5.64. The molecule has 0 unspecified atom stereocenters. The first kappa shape index (κ1) is 28.9. The molecule has 1 heteroatoms. The van der Waals surface area contributed by atoms with Gasteiger partial charge in [0.25, 0.3) is 0 Å². The Morgan fingerprint density at radius 1 is 0.632 bits per heavy atom. The van der Waals surface area contributed by atoms with Gasteiger partial charge in [0, 0.05) is 0 Å². The third-order valence-electron chi connectivity index (χ3n) is 10.1.